The summed E-state index contributed by atoms with van der Waals surface area (Å²) >= 11 is 1.15. The van der Waals surface area contributed by atoms with Crippen LogP contribution in [-0.2, 0) is 9.53 Å². The molecule has 1 rings (SSSR count). The van der Waals surface area contributed by atoms with Crippen molar-refractivity contribution in [2.75, 3.05) is 7.11 Å². The Kier molecular flexibility index (Phi) is 2.83. The van der Waals surface area contributed by atoms with Gasteiger partial charge in [0, 0.05) is 5.92 Å². The van der Waals surface area contributed by atoms with Gasteiger partial charge in [-0.25, -0.2) is 9.18 Å². The van der Waals surface area contributed by atoms with Crippen molar-refractivity contribution in [2.45, 2.75) is 0 Å². The molecule has 1 heterocycles. The number of carbonyl (C=O) groups is 1. The number of halogens is 1. The molecular weight excluding hydrogens is 179 g/mol. The fraction of sp³-hybridized carbons (Fsp3) is 0.125. The summed E-state index contributed by atoms with van der Waals surface area (Å²) in [5, 5.41) is 1.57. The summed E-state index contributed by atoms with van der Waals surface area (Å²) in [7, 11) is 1.22. The van der Waals surface area contributed by atoms with Crippen LogP contribution in [0.2, 0.25) is 0 Å². The lowest BCUT2D eigenvalue weighted by molar-refractivity contribution is -0.133. The smallest absolute Gasteiger partial charge is 0.384 e. The Balaban J connectivity index is 2.79. The molecule has 0 aliphatic heterocycles. The maximum Gasteiger partial charge on any atom is 0.384 e. The average Bonchev–Trinajstić information content (AvgIpc) is 2.47. The van der Waals surface area contributed by atoms with E-state index in [9.17, 15) is 9.18 Å². The molecule has 0 amide bonds. The van der Waals surface area contributed by atoms with Gasteiger partial charge in [-0.15, -0.1) is 11.3 Å². The first-order valence-corrected chi connectivity index (χ1v) is 3.95. The molecule has 0 N–H and O–H groups in total. The maximum atomic E-state index is 12.7. The molecule has 1 aromatic heterocycles. The van der Waals surface area contributed by atoms with Crippen LogP contribution in [0.25, 0.3) is 0 Å². The van der Waals surface area contributed by atoms with E-state index in [0.29, 0.717) is 0 Å². The Hall–Kier alpha value is -1.34. The quantitative estimate of drug-likeness (QED) is 0.450. The van der Waals surface area contributed by atoms with Crippen molar-refractivity contribution in [3.63, 3.8) is 0 Å². The summed E-state index contributed by atoms with van der Waals surface area (Å²) in [6, 6.07) is 1.30. The average molecular weight is 184 g/mol. The minimum atomic E-state index is -0.664. The Morgan fingerprint density at radius 3 is 3.00 bits per heavy atom. The molecule has 0 unspecified atom stereocenters. The van der Waals surface area contributed by atoms with E-state index in [2.05, 4.69) is 16.6 Å². The highest BCUT2D eigenvalue weighted by Gasteiger charge is 1.98. The third-order valence-electron chi connectivity index (χ3n) is 1.08. The Morgan fingerprint density at radius 1 is 1.75 bits per heavy atom. The maximum absolute atomic E-state index is 12.7. The molecule has 62 valence electrons. The zero-order chi connectivity index (χ0) is 8.97. The van der Waals surface area contributed by atoms with Crippen LogP contribution in [-0.4, -0.2) is 13.1 Å². The highest BCUT2D eigenvalue weighted by Crippen LogP contribution is 2.12. The Morgan fingerprint density at radius 2 is 2.50 bits per heavy atom. The number of thiophene rings is 1. The zero-order valence-electron chi connectivity index (χ0n) is 6.26. The number of carbonyl (C=O) groups excluding carboxylic acids is 1. The van der Waals surface area contributed by atoms with Crippen LogP contribution in [0.3, 0.4) is 0 Å². The lowest BCUT2D eigenvalue weighted by atomic mass is 10.4. The molecule has 0 saturated carbocycles. The van der Waals surface area contributed by atoms with E-state index >= 15 is 0 Å². The SMILES string of the molecule is COC(=O)C#Cc1sccc1F. The molecule has 0 atom stereocenters. The summed E-state index contributed by atoms with van der Waals surface area (Å²) in [5.41, 5.74) is 0. The van der Waals surface area contributed by atoms with Crippen LogP contribution in [0.1, 0.15) is 4.88 Å². The summed E-state index contributed by atoms with van der Waals surface area (Å²) in [6.45, 7) is 0. The van der Waals surface area contributed by atoms with E-state index in [1.54, 1.807) is 5.38 Å². The summed E-state index contributed by atoms with van der Waals surface area (Å²) in [5.74, 6) is 3.43. The number of ether oxygens (including phenoxy) is 1. The second kappa shape index (κ2) is 3.88. The molecule has 12 heavy (non-hydrogen) atoms. The zero-order valence-corrected chi connectivity index (χ0v) is 7.07. The summed E-state index contributed by atoms with van der Waals surface area (Å²) in [4.78, 5) is 10.8. The van der Waals surface area contributed by atoms with E-state index in [4.69, 9.17) is 0 Å². The summed E-state index contributed by atoms with van der Waals surface area (Å²) in [6.07, 6.45) is 0. The van der Waals surface area contributed by atoms with Gasteiger partial charge >= 0.3 is 5.97 Å². The minimum Gasteiger partial charge on any atom is -0.459 e. The first-order valence-electron chi connectivity index (χ1n) is 3.07. The fourth-order valence-corrected chi connectivity index (χ4v) is 1.16. The monoisotopic (exact) mass is 184 g/mol. The first kappa shape index (κ1) is 8.75. The van der Waals surface area contributed by atoms with Gasteiger partial charge < -0.3 is 4.74 Å². The minimum absolute atomic E-state index is 0.250. The van der Waals surface area contributed by atoms with Gasteiger partial charge in [-0.05, 0) is 17.4 Å². The van der Waals surface area contributed by atoms with E-state index in [0.717, 1.165) is 11.3 Å². The van der Waals surface area contributed by atoms with Gasteiger partial charge in [0.05, 0.1) is 7.11 Å². The topological polar surface area (TPSA) is 26.3 Å². The molecule has 4 heteroatoms. The van der Waals surface area contributed by atoms with Crippen LogP contribution >= 0.6 is 11.3 Å². The number of hydrogen-bond acceptors (Lipinski definition) is 3. The second-order valence-corrected chi connectivity index (χ2v) is 2.76. The molecule has 0 radical (unpaired) electrons. The molecule has 1 aromatic rings. The van der Waals surface area contributed by atoms with Gasteiger partial charge in [0.2, 0.25) is 0 Å². The number of hydrogen-bond donors (Lipinski definition) is 0. The lowest BCUT2D eigenvalue weighted by Gasteiger charge is -1.83. The van der Waals surface area contributed by atoms with E-state index in [1.807, 2.05) is 0 Å². The predicted octanol–water partition coefficient (Wildman–Crippen LogP) is 1.41. The van der Waals surface area contributed by atoms with Crippen LogP contribution in [0.15, 0.2) is 11.4 Å². The van der Waals surface area contributed by atoms with E-state index in [-0.39, 0.29) is 4.88 Å². The molecule has 0 aromatic carbocycles. The molecular formula is C8H5FO2S. The van der Waals surface area contributed by atoms with Gasteiger partial charge in [0.15, 0.2) is 0 Å². The van der Waals surface area contributed by atoms with Gasteiger partial charge in [0.25, 0.3) is 0 Å². The van der Waals surface area contributed by atoms with Crippen molar-refractivity contribution in [3.05, 3.63) is 22.1 Å². The second-order valence-electron chi connectivity index (χ2n) is 1.84. The van der Waals surface area contributed by atoms with Crippen molar-refractivity contribution in [1.82, 2.24) is 0 Å². The largest absolute Gasteiger partial charge is 0.459 e. The van der Waals surface area contributed by atoms with E-state index in [1.165, 1.54) is 13.2 Å². The molecule has 0 aliphatic carbocycles. The molecule has 0 saturated heterocycles. The normalized spacial score (nSPS) is 8.50. The highest BCUT2D eigenvalue weighted by atomic mass is 32.1. The van der Waals surface area contributed by atoms with E-state index < -0.39 is 11.8 Å². The summed E-state index contributed by atoms with van der Waals surface area (Å²) < 4.78 is 16.9. The highest BCUT2D eigenvalue weighted by molar-refractivity contribution is 7.10. The number of methoxy groups -OCH3 is 1. The van der Waals surface area contributed by atoms with Crippen LogP contribution < -0.4 is 0 Å². The van der Waals surface area contributed by atoms with Crippen LogP contribution in [0.4, 0.5) is 4.39 Å². The predicted molar refractivity (Wildman–Crippen MR) is 43.2 cm³/mol. The van der Waals surface area contributed by atoms with Crippen molar-refractivity contribution in [1.29, 1.82) is 0 Å². The van der Waals surface area contributed by atoms with Gasteiger partial charge in [-0.2, -0.15) is 0 Å². The molecule has 0 bridgehead atoms. The molecule has 0 spiro atoms. The third-order valence-corrected chi connectivity index (χ3v) is 1.89. The van der Waals surface area contributed by atoms with Gasteiger partial charge in [-0.3, -0.25) is 0 Å². The van der Waals surface area contributed by atoms with Crippen LogP contribution in [0, 0.1) is 17.7 Å². The number of rotatable bonds is 0. The van der Waals surface area contributed by atoms with Crippen molar-refractivity contribution in [3.8, 4) is 11.8 Å². The van der Waals surface area contributed by atoms with Crippen molar-refractivity contribution >= 4 is 17.3 Å². The Labute approximate surface area is 73.0 Å². The third kappa shape index (κ3) is 2.07. The number of esters is 1. The van der Waals surface area contributed by atoms with Crippen molar-refractivity contribution in [2.24, 2.45) is 0 Å². The van der Waals surface area contributed by atoms with Gasteiger partial charge in [-0.1, -0.05) is 0 Å². The van der Waals surface area contributed by atoms with Crippen LogP contribution in [0.5, 0.6) is 0 Å². The van der Waals surface area contributed by atoms with Gasteiger partial charge in [0.1, 0.15) is 10.7 Å². The lowest BCUT2D eigenvalue weighted by Crippen LogP contribution is -1.94. The first-order chi connectivity index (χ1) is 5.74. The fourth-order valence-electron chi connectivity index (χ4n) is 0.542. The standard InChI is InChI=1S/C8H5FO2S/c1-11-8(10)3-2-7-6(9)4-5-12-7/h4-5H,1H3. The molecule has 0 fully saturated rings. The van der Waals surface area contributed by atoms with Crippen molar-refractivity contribution < 1.29 is 13.9 Å². The Bertz CT molecular complexity index is 345. The molecule has 2 nitrogen and oxygen atoms in total. The molecule has 0 aliphatic rings.